The fraction of sp³-hybridized carbons (Fsp3) is 0.500. The van der Waals surface area contributed by atoms with Crippen molar-refractivity contribution in [2.75, 3.05) is 13.7 Å². The molecule has 1 aliphatic carbocycles. The van der Waals surface area contributed by atoms with E-state index in [4.69, 9.17) is 19.4 Å². The van der Waals surface area contributed by atoms with Crippen molar-refractivity contribution in [2.24, 2.45) is 5.92 Å². The third-order valence-corrected chi connectivity index (χ3v) is 11.1. The summed E-state index contributed by atoms with van der Waals surface area (Å²) in [5.74, 6) is -1.51. The van der Waals surface area contributed by atoms with Crippen LogP contribution in [0.4, 0.5) is 0 Å². The van der Waals surface area contributed by atoms with Gasteiger partial charge in [-0.25, -0.2) is 0 Å². The first-order valence-electron chi connectivity index (χ1n) is 17.9. The van der Waals surface area contributed by atoms with Gasteiger partial charge in [-0.2, -0.15) is 0 Å². The summed E-state index contributed by atoms with van der Waals surface area (Å²) in [5.41, 5.74) is 8.47. The van der Waals surface area contributed by atoms with Crippen LogP contribution in [0.15, 0.2) is 18.2 Å². The third-order valence-electron chi connectivity index (χ3n) is 11.1. The number of aliphatic hydroxyl groups excluding tert-OH is 2. The first-order valence-corrected chi connectivity index (χ1v) is 17.9. The first-order chi connectivity index (χ1) is 23.8. The molecule has 4 N–H and O–H groups in total. The Morgan fingerprint density at radius 2 is 1.58 bits per heavy atom. The topological polar surface area (TPSA) is 150 Å². The average molecular weight is 683 g/mol. The molecule has 2 aliphatic heterocycles. The second-order valence-electron chi connectivity index (χ2n) is 14.7. The lowest BCUT2D eigenvalue weighted by molar-refractivity contribution is -0.144. The molecule has 0 aromatic carbocycles. The molecule has 10 nitrogen and oxygen atoms in total. The Hall–Kier alpha value is -4.60. The van der Waals surface area contributed by atoms with Crippen molar-refractivity contribution in [3.8, 4) is 0 Å². The van der Waals surface area contributed by atoms with Crippen LogP contribution in [-0.4, -0.2) is 55.8 Å². The van der Waals surface area contributed by atoms with Crippen molar-refractivity contribution in [2.45, 2.75) is 111 Å². The van der Waals surface area contributed by atoms with E-state index in [-0.39, 0.29) is 47.6 Å². The monoisotopic (exact) mass is 682 g/mol. The summed E-state index contributed by atoms with van der Waals surface area (Å²) in [6.45, 7) is 16.5. The maximum atomic E-state index is 13.5. The number of hydrogen-bond acceptors (Lipinski definition) is 8. The second-order valence-corrected chi connectivity index (χ2v) is 14.7. The summed E-state index contributed by atoms with van der Waals surface area (Å²) < 4.78 is 10.8. The van der Waals surface area contributed by atoms with Crippen molar-refractivity contribution < 1.29 is 29.3 Å². The van der Waals surface area contributed by atoms with Crippen LogP contribution in [0.5, 0.6) is 0 Å². The molecule has 0 spiro atoms. The largest absolute Gasteiger partial charge is 0.512 e. The lowest BCUT2D eigenvalue weighted by atomic mass is 9.84. The van der Waals surface area contributed by atoms with Gasteiger partial charge in [0.05, 0.1) is 36.2 Å². The van der Waals surface area contributed by atoms with E-state index < -0.39 is 11.9 Å². The van der Waals surface area contributed by atoms with Crippen molar-refractivity contribution in [1.82, 2.24) is 19.9 Å². The quantitative estimate of drug-likeness (QED) is 0.184. The van der Waals surface area contributed by atoms with E-state index in [0.717, 1.165) is 62.8 Å². The number of carbonyl (C=O) groups excluding carboxylic acids is 2. The summed E-state index contributed by atoms with van der Waals surface area (Å²) in [6.07, 6.45) is 2.28. The number of aryl methyl sites for hydroxylation is 2. The van der Waals surface area contributed by atoms with Gasteiger partial charge in [0, 0.05) is 74.2 Å². The number of aromatic amines is 2. The van der Waals surface area contributed by atoms with Crippen LogP contribution < -0.4 is 10.4 Å². The zero-order chi connectivity index (χ0) is 36.2. The zero-order valence-corrected chi connectivity index (χ0v) is 30.7. The molecule has 3 aromatic heterocycles. The molecule has 5 atom stereocenters. The first kappa shape index (κ1) is 35.2. The molecular weight excluding hydrogens is 632 g/mol. The van der Waals surface area contributed by atoms with E-state index in [1.807, 2.05) is 32.0 Å². The van der Waals surface area contributed by atoms with Gasteiger partial charge in [-0.15, -0.1) is 0 Å². The van der Waals surface area contributed by atoms with Gasteiger partial charge in [-0.3, -0.25) is 19.6 Å². The van der Waals surface area contributed by atoms with E-state index >= 15 is 0 Å². The minimum absolute atomic E-state index is 0.0752. The molecule has 5 heterocycles. The lowest BCUT2D eigenvalue weighted by Gasteiger charge is -2.19. The molecular formula is C40H50N4O6. The van der Waals surface area contributed by atoms with Crippen molar-refractivity contribution in [3.63, 3.8) is 0 Å². The number of carbonyl (C=O) groups is 2. The number of aromatic nitrogens is 4. The fourth-order valence-corrected chi connectivity index (χ4v) is 8.12. The SMILES string of the molecule is CC[C@H]1c2cc3[nH]c4c(c5nc(cc6[nH]c(cc(n2)[C@@H]1C)/c(=C(\C)O)c6C)[C@@H](C)[C@@H]5CCC(=O)OCCC(C)C)[C@@H](C(=O)OC)C(O)=c4c3C. The Kier molecular flexibility index (Phi) is 9.59. The molecule has 0 saturated carbocycles. The van der Waals surface area contributed by atoms with E-state index in [2.05, 4.69) is 44.6 Å². The highest BCUT2D eigenvalue weighted by Gasteiger charge is 2.41. The highest BCUT2D eigenvalue weighted by atomic mass is 16.5. The number of esters is 2. The van der Waals surface area contributed by atoms with Crippen LogP contribution in [0.25, 0.3) is 33.6 Å². The van der Waals surface area contributed by atoms with Crippen LogP contribution in [-0.2, 0) is 19.1 Å². The lowest BCUT2D eigenvalue weighted by Crippen LogP contribution is -2.18. The van der Waals surface area contributed by atoms with E-state index in [1.54, 1.807) is 6.92 Å². The van der Waals surface area contributed by atoms with Crippen LogP contribution in [0.2, 0.25) is 0 Å². The second kappa shape index (κ2) is 13.6. The molecule has 6 rings (SSSR count). The molecule has 8 bridgehead atoms. The molecule has 0 fully saturated rings. The predicted molar refractivity (Wildman–Crippen MR) is 194 cm³/mol. The molecule has 10 heteroatoms. The van der Waals surface area contributed by atoms with Gasteiger partial charge >= 0.3 is 11.9 Å². The number of methoxy groups -OCH3 is 1. The number of hydrogen-bond donors (Lipinski definition) is 4. The Morgan fingerprint density at radius 1 is 0.940 bits per heavy atom. The van der Waals surface area contributed by atoms with Crippen LogP contribution in [0.1, 0.15) is 136 Å². The smallest absolute Gasteiger partial charge is 0.321 e. The van der Waals surface area contributed by atoms with Crippen LogP contribution in [0.3, 0.4) is 0 Å². The van der Waals surface area contributed by atoms with Gasteiger partial charge in [0.1, 0.15) is 11.7 Å². The molecule has 50 heavy (non-hydrogen) atoms. The molecule has 266 valence electrons. The number of aliphatic hydroxyl groups is 2. The minimum atomic E-state index is -1.07. The number of H-pyrrole nitrogens is 2. The summed E-state index contributed by atoms with van der Waals surface area (Å²) in [5, 5.41) is 23.9. The summed E-state index contributed by atoms with van der Waals surface area (Å²) in [4.78, 5) is 43.9. The Bertz CT molecular complexity index is 2160. The fourth-order valence-electron chi connectivity index (χ4n) is 8.12. The summed E-state index contributed by atoms with van der Waals surface area (Å²) >= 11 is 0. The Balaban J connectivity index is 1.69. The molecule has 0 radical (unpaired) electrons. The summed E-state index contributed by atoms with van der Waals surface area (Å²) in [6, 6.07) is 6.08. The number of rotatable bonds is 8. The number of nitrogens with one attached hydrogen (secondary N) is 2. The van der Waals surface area contributed by atoms with Gasteiger partial charge < -0.3 is 29.7 Å². The highest BCUT2D eigenvalue weighted by Crippen LogP contribution is 2.46. The Labute approximate surface area is 292 Å². The summed E-state index contributed by atoms with van der Waals surface area (Å²) in [7, 11) is 1.32. The van der Waals surface area contributed by atoms with Crippen molar-refractivity contribution >= 4 is 45.5 Å². The molecule has 0 unspecified atom stereocenters. The molecule has 3 aromatic rings. The normalized spacial score (nSPS) is 21.9. The van der Waals surface area contributed by atoms with Crippen LogP contribution in [0, 0.1) is 19.8 Å². The van der Waals surface area contributed by atoms with Crippen molar-refractivity contribution in [3.05, 3.63) is 68.1 Å². The maximum Gasteiger partial charge on any atom is 0.321 e. The molecule has 3 aliphatic rings. The van der Waals surface area contributed by atoms with Gasteiger partial charge in [0.2, 0.25) is 0 Å². The third kappa shape index (κ3) is 5.96. The minimum Gasteiger partial charge on any atom is -0.512 e. The van der Waals surface area contributed by atoms with Gasteiger partial charge in [0.15, 0.2) is 0 Å². The molecule has 0 saturated heterocycles. The average Bonchev–Trinajstić information content (AvgIpc) is 3.80. The maximum absolute atomic E-state index is 13.5. The van der Waals surface area contributed by atoms with Gasteiger partial charge in [-0.05, 0) is 75.3 Å². The number of ether oxygens (including phenoxy) is 2. The van der Waals surface area contributed by atoms with E-state index in [9.17, 15) is 19.8 Å². The highest BCUT2D eigenvalue weighted by molar-refractivity contribution is 5.96. The van der Waals surface area contributed by atoms with Gasteiger partial charge in [-0.1, -0.05) is 34.6 Å². The van der Waals surface area contributed by atoms with E-state index in [1.165, 1.54) is 7.11 Å². The zero-order valence-electron chi connectivity index (χ0n) is 30.7. The van der Waals surface area contributed by atoms with Crippen molar-refractivity contribution in [1.29, 1.82) is 0 Å². The van der Waals surface area contributed by atoms with Gasteiger partial charge in [0.25, 0.3) is 0 Å². The number of fused-ring (bicyclic) bond motifs is 8. The standard InChI is InChI=1S/C40H50N4O6/c1-10-24-19(4)26-17-31-33(23(8)45)21(6)28(42-31)15-27-20(5)25(11-12-32(46)50-14-13-18(2)3)37(43-27)35-36(40(48)49-9)39(47)34-22(7)29(44-38(34)35)16-30(24)41-26/h15-20,24-25,36,42,44-45,47H,10-14H2,1-9H3/b27-15?,30-16?,31-17?,33-23+/t19-,20+,24-,25+,36-/m1/s1. The predicted octanol–water partition coefficient (Wildman–Crippen LogP) is 7.11. The van der Waals surface area contributed by atoms with E-state index in [0.29, 0.717) is 40.9 Å². The molecule has 0 amide bonds. The van der Waals surface area contributed by atoms with Crippen LogP contribution >= 0.6 is 0 Å². The number of nitrogens with zero attached hydrogens (tertiary/aromatic N) is 2. The Morgan fingerprint density at radius 3 is 2.24 bits per heavy atom.